The standard InChI is InChI=1S/C17H26N4O/c22-17(21-10-13-4-1-2-5-14(13)11-21)19-15-6-3-7-16(15)20-9-8-18-12-20/h8-9,12-16H,1-7,10-11H2,(H,19,22)/t13-,14+,15-,16+/m1/s1. The fraction of sp³-hybridized carbons (Fsp3) is 0.765. The molecular weight excluding hydrogens is 276 g/mol. The second kappa shape index (κ2) is 5.94. The van der Waals surface area contributed by atoms with Crippen LogP contribution in [0.4, 0.5) is 4.79 Å². The Morgan fingerprint density at radius 3 is 2.50 bits per heavy atom. The minimum atomic E-state index is 0.159. The minimum Gasteiger partial charge on any atom is -0.333 e. The highest BCUT2D eigenvalue weighted by molar-refractivity contribution is 5.75. The molecule has 1 N–H and O–H groups in total. The summed E-state index contributed by atoms with van der Waals surface area (Å²) >= 11 is 0. The number of carbonyl (C=O) groups is 1. The van der Waals surface area contributed by atoms with E-state index in [2.05, 4.69) is 19.8 Å². The lowest BCUT2D eigenvalue weighted by atomic mass is 9.82. The van der Waals surface area contributed by atoms with E-state index in [1.165, 1.54) is 32.1 Å². The number of amides is 2. The van der Waals surface area contributed by atoms with Crippen LogP contribution in [0, 0.1) is 11.8 Å². The smallest absolute Gasteiger partial charge is 0.317 e. The Hall–Kier alpha value is -1.52. The van der Waals surface area contributed by atoms with Crippen LogP contribution < -0.4 is 5.32 Å². The Balaban J connectivity index is 1.37. The number of rotatable bonds is 2. The molecule has 3 aliphatic rings. The lowest BCUT2D eigenvalue weighted by molar-refractivity contribution is 0.199. The van der Waals surface area contributed by atoms with Gasteiger partial charge in [0.15, 0.2) is 0 Å². The number of likely N-dealkylation sites (tertiary alicyclic amines) is 1. The van der Waals surface area contributed by atoms with Gasteiger partial charge in [0.1, 0.15) is 0 Å². The topological polar surface area (TPSA) is 50.2 Å². The van der Waals surface area contributed by atoms with Gasteiger partial charge in [0.05, 0.1) is 18.4 Å². The predicted octanol–water partition coefficient (Wildman–Crippen LogP) is 2.81. The molecule has 0 spiro atoms. The number of nitrogens with one attached hydrogen (secondary N) is 1. The van der Waals surface area contributed by atoms with Crippen molar-refractivity contribution in [3.63, 3.8) is 0 Å². The molecule has 22 heavy (non-hydrogen) atoms. The predicted molar refractivity (Wildman–Crippen MR) is 84.5 cm³/mol. The van der Waals surface area contributed by atoms with Crippen LogP contribution in [-0.2, 0) is 0 Å². The van der Waals surface area contributed by atoms with Gasteiger partial charge in [0, 0.05) is 25.5 Å². The van der Waals surface area contributed by atoms with Crippen molar-refractivity contribution in [3.05, 3.63) is 18.7 Å². The molecule has 2 saturated carbocycles. The van der Waals surface area contributed by atoms with E-state index in [9.17, 15) is 4.79 Å². The Morgan fingerprint density at radius 1 is 1.05 bits per heavy atom. The Kier molecular flexibility index (Phi) is 3.80. The lowest BCUT2D eigenvalue weighted by Crippen LogP contribution is -2.45. The summed E-state index contributed by atoms with van der Waals surface area (Å²) in [6, 6.07) is 0.784. The maximum Gasteiger partial charge on any atom is 0.317 e. The van der Waals surface area contributed by atoms with Gasteiger partial charge in [-0.1, -0.05) is 12.8 Å². The molecule has 4 rings (SSSR count). The van der Waals surface area contributed by atoms with Crippen molar-refractivity contribution in [1.82, 2.24) is 19.8 Å². The minimum absolute atomic E-state index is 0.159. The van der Waals surface area contributed by atoms with Gasteiger partial charge >= 0.3 is 6.03 Å². The van der Waals surface area contributed by atoms with Crippen molar-refractivity contribution in [3.8, 4) is 0 Å². The van der Waals surface area contributed by atoms with Gasteiger partial charge < -0.3 is 14.8 Å². The fourth-order valence-electron chi connectivity index (χ4n) is 4.75. The maximum absolute atomic E-state index is 12.6. The molecule has 1 aromatic heterocycles. The zero-order valence-electron chi connectivity index (χ0n) is 13.2. The molecule has 1 aromatic rings. The number of aromatic nitrogens is 2. The van der Waals surface area contributed by atoms with E-state index in [4.69, 9.17) is 0 Å². The van der Waals surface area contributed by atoms with Crippen molar-refractivity contribution >= 4 is 6.03 Å². The van der Waals surface area contributed by atoms with Crippen molar-refractivity contribution in [1.29, 1.82) is 0 Å². The Labute approximate surface area is 132 Å². The fourth-order valence-corrected chi connectivity index (χ4v) is 4.75. The zero-order chi connectivity index (χ0) is 14.9. The van der Waals surface area contributed by atoms with Gasteiger partial charge in [-0.3, -0.25) is 0 Å². The monoisotopic (exact) mass is 302 g/mol. The summed E-state index contributed by atoms with van der Waals surface area (Å²) < 4.78 is 2.15. The molecule has 2 aliphatic carbocycles. The molecule has 5 heteroatoms. The molecule has 0 radical (unpaired) electrons. The highest BCUT2D eigenvalue weighted by Gasteiger charge is 2.38. The third kappa shape index (κ3) is 2.61. The van der Waals surface area contributed by atoms with Gasteiger partial charge in [-0.05, 0) is 43.9 Å². The first kappa shape index (κ1) is 14.1. The van der Waals surface area contributed by atoms with Crippen LogP contribution in [0.2, 0.25) is 0 Å². The molecule has 0 bridgehead atoms. The van der Waals surface area contributed by atoms with E-state index in [1.54, 1.807) is 0 Å². The summed E-state index contributed by atoms with van der Waals surface area (Å²) in [5.41, 5.74) is 0. The van der Waals surface area contributed by atoms with Gasteiger partial charge in [0.2, 0.25) is 0 Å². The molecule has 3 fully saturated rings. The molecule has 120 valence electrons. The first-order valence-corrected chi connectivity index (χ1v) is 8.84. The summed E-state index contributed by atoms with van der Waals surface area (Å²) in [7, 11) is 0. The van der Waals surface area contributed by atoms with Crippen LogP contribution in [0.5, 0.6) is 0 Å². The van der Waals surface area contributed by atoms with Gasteiger partial charge in [0.25, 0.3) is 0 Å². The van der Waals surface area contributed by atoms with Crippen LogP contribution in [0.1, 0.15) is 51.0 Å². The highest BCUT2D eigenvalue weighted by atomic mass is 16.2. The van der Waals surface area contributed by atoms with Crippen molar-refractivity contribution < 1.29 is 4.79 Å². The number of hydrogen-bond acceptors (Lipinski definition) is 2. The van der Waals surface area contributed by atoms with Crippen molar-refractivity contribution in [2.45, 2.75) is 57.0 Å². The van der Waals surface area contributed by atoms with E-state index in [1.807, 2.05) is 18.7 Å². The first-order valence-electron chi connectivity index (χ1n) is 8.84. The average Bonchev–Trinajstić information content (AvgIpc) is 3.26. The largest absolute Gasteiger partial charge is 0.333 e. The summed E-state index contributed by atoms with van der Waals surface area (Å²) in [6.07, 6.45) is 14.4. The van der Waals surface area contributed by atoms with Crippen LogP contribution in [0.3, 0.4) is 0 Å². The van der Waals surface area contributed by atoms with Crippen LogP contribution >= 0.6 is 0 Å². The summed E-state index contributed by atoms with van der Waals surface area (Å²) in [5, 5.41) is 3.31. The molecule has 5 nitrogen and oxygen atoms in total. The lowest BCUT2D eigenvalue weighted by Gasteiger charge is -2.25. The van der Waals surface area contributed by atoms with E-state index in [0.29, 0.717) is 6.04 Å². The SMILES string of the molecule is O=C(N[C@@H]1CCC[C@@H]1n1ccnc1)N1C[C@H]2CCCC[C@H]2C1. The second-order valence-electron chi connectivity index (χ2n) is 7.27. The van der Waals surface area contributed by atoms with Crippen LogP contribution in [-0.4, -0.2) is 39.6 Å². The number of urea groups is 1. The molecule has 0 aromatic carbocycles. The van der Waals surface area contributed by atoms with Gasteiger partial charge in [-0.2, -0.15) is 0 Å². The van der Waals surface area contributed by atoms with Crippen molar-refractivity contribution in [2.75, 3.05) is 13.1 Å². The third-order valence-electron chi connectivity index (χ3n) is 5.96. The number of carbonyl (C=O) groups excluding carboxylic acids is 1. The number of fused-ring (bicyclic) bond motifs is 1. The normalized spacial score (nSPS) is 34.6. The molecule has 4 atom stereocenters. The summed E-state index contributed by atoms with van der Waals surface area (Å²) in [6.45, 7) is 1.94. The quantitative estimate of drug-likeness (QED) is 0.913. The molecule has 2 amide bonds. The van der Waals surface area contributed by atoms with E-state index in [-0.39, 0.29) is 12.1 Å². The maximum atomic E-state index is 12.6. The van der Waals surface area contributed by atoms with E-state index < -0.39 is 0 Å². The van der Waals surface area contributed by atoms with Gasteiger partial charge in [-0.25, -0.2) is 9.78 Å². The molecule has 2 heterocycles. The number of imidazole rings is 1. The van der Waals surface area contributed by atoms with Crippen LogP contribution in [0.15, 0.2) is 18.7 Å². The third-order valence-corrected chi connectivity index (χ3v) is 5.96. The summed E-state index contributed by atoms with van der Waals surface area (Å²) in [4.78, 5) is 18.9. The van der Waals surface area contributed by atoms with E-state index in [0.717, 1.165) is 37.8 Å². The molecule has 1 aliphatic heterocycles. The number of nitrogens with zero attached hydrogens (tertiary/aromatic N) is 3. The molecular formula is C17H26N4O. The van der Waals surface area contributed by atoms with Gasteiger partial charge in [-0.15, -0.1) is 0 Å². The second-order valence-corrected chi connectivity index (χ2v) is 7.27. The average molecular weight is 302 g/mol. The Morgan fingerprint density at radius 2 is 1.82 bits per heavy atom. The summed E-state index contributed by atoms with van der Waals surface area (Å²) in [5.74, 6) is 1.51. The van der Waals surface area contributed by atoms with Crippen molar-refractivity contribution in [2.24, 2.45) is 11.8 Å². The highest BCUT2D eigenvalue weighted by Crippen LogP contribution is 2.36. The molecule has 1 saturated heterocycles. The number of hydrogen-bond donors (Lipinski definition) is 1. The Bertz CT molecular complexity index is 501. The van der Waals surface area contributed by atoms with E-state index >= 15 is 0 Å². The van der Waals surface area contributed by atoms with Crippen LogP contribution in [0.25, 0.3) is 0 Å². The first-order chi connectivity index (χ1) is 10.8. The molecule has 0 unspecified atom stereocenters. The zero-order valence-corrected chi connectivity index (χ0v) is 13.2.